The molecule has 3 rings (SSSR count). The molecule has 2 heterocycles. The summed E-state index contributed by atoms with van der Waals surface area (Å²) in [6.45, 7) is 0.805. The molecule has 1 aliphatic rings. The number of aromatic nitrogens is 2. The van der Waals surface area contributed by atoms with Gasteiger partial charge in [0.1, 0.15) is 11.6 Å². The SMILES string of the molecule is Oc1ccccc1Cc1ncc2n1CCC(O)C2. The van der Waals surface area contributed by atoms with E-state index in [1.165, 1.54) is 0 Å². The smallest absolute Gasteiger partial charge is 0.119 e. The number of phenolic OH excluding ortho intramolecular Hbond substituents is 1. The Morgan fingerprint density at radius 3 is 3.00 bits per heavy atom. The monoisotopic (exact) mass is 244 g/mol. The highest BCUT2D eigenvalue weighted by molar-refractivity contribution is 5.34. The van der Waals surface area contributed by atoms with E-state index in [1.807, 2.05) is 24.4 Å². The van der Waals surface area contributed by atoms with E-state index >= 15 is 0 Å². The number of phenols is 1. The minimum atomic E-state index is -0.243. The van der Waals surface area contributed by atoms with Gasteiger partial charge in [0.25, 0.3) is 0 Å². The molecule has 2 aromatic rings. The van der Waals surface area contributed by atoms with Crippen molar-refractivity contribution in [3.8, 4) is 5.75 Å². The van der Waals surface area contributed by atoms with Gasteiger partial charge in [-0.25, -0.2) is 4.98 Å². The third-order valence-corrected chi connectivity index (χ3v) is 3.49. The Bertz CT molecular complexity index is 563. The average molecular weight is 244 g/mol. The number of benzene rings is 1. The summed E-state index contributed by atoms with van der Waals surface area (Å²) in [5.74, 6) is 1.27. The Labute approximate surface area is 106 Å². The van der Waals surface area contributed by atoms with E-state index < -0.39 is 0 Å². The molecule has 0 saturated heterocycles. The number of fused-ring (bicyclic) bond motifs is 1. The van der Waals surface area contributed by atoms with Gasteiger partial charge in [0.15, 0.2) is 0 Å². The number of nitrogens with zero attached hydrogens (tertiary/aromatic N) is 2. The average Bonchev–Trinajstić information content (AvgIpc) is 2.74. The molecule has 94 valence electrons. The normalized spacial score (nSPS) is 18.6. The van der Waals surface area contributed by atoms with Crippen molar-refractivity contribution in [1.82, 2.24) is 9.55 Å². The predicted molar refractivity (Wildman–Crippen MR) is 67.5 cm³/mol. The van der Waals surface area contributed by atoms with E-state index in [-0.39, 0.29) is 6.10 Å². The lowest BCUT2D eigenvalue weighted by molar-refractivity contribution is 0.143. The molecule has 18 heavy (non-hydrogen) atoms. The minimum absolute atomic E-state index is 0.243. The Kier molecular flexibility index (Phi) is 2.80. The van der Waals surface area contributed by atoms with Gasteiger partial charge >= 0.3 is 0 Å². The van der Waals surface area contributed by atoms with Gasteiger partial charge in [0.05, 0.1) is 6.10 Å². The molecule has 4 nitrogen and oxygen atoms in total. The molecule has 0 amide bonds. The van der Waals surface area contributed by atoms with Crippen LogP contribution in [0.4, 0.5) is 0 Å². The van der Waals surface area contributed by atoms with E-state index in [1.54, 1.807) is 6.07 Å². The topological polar surface area (TPSA) is 58.3 Å². The summed E-state index contributed by atoms with van der Waals surface area (Å²) in [5, 5.41) is 19.4. The lowest BCUT2D eigenvalue weighted by Gasteiger charge is -2.21. The summed E-state index contributed by atoms with van der Waals surface area (Å²) in [7, 11) is 0. The summed E-state index contributed by atoms with van der Waals surface area (Å²) in [4.78, 5) is 4.41. The summed E-state index contributed by atoms with van der Waals surface area (Å²) >= 11 is 0. The van der Waals surface area contributed by atoms with Gasteiger partial charge in [-0.15, -0.1) is 0 Å². The highest BCUT2D eigenvalue weighted by Crippen LogP contribution is 2.22. The molecule has 4 heteroatoms. The van der Waals surface area contributed by atoms with E-state index in [0.29, 0.717) is 18.6 Å². The maximum Gasteiger partial charge on any atom is 0.119 e. The van der Waals surface area contributed by atoms with Crippen molar-refractivity contribution in [2.24, 2.45) is 0 Å². The van der Waals surface area contributed by atoms with E-state index in [2.05, 4.69) is 9.55 Å². The zero-order valence-corrected chi connectivity index (χ0v) is 10.1. The minimum Gasteiger partial charge on any atom is -0.508 e. The molecule has 0 aliphatic carbocycles. The van der Waals surface area contributed by atoms with Crippen LogP contribution < -0.4 is 0 Å². The van der Waals surface area contributed by atoms with Crippen molar-refractivity contribution < 1.29 is 10.2 Å². The molecule has 0 radical (unpaired) electrons. The molecular weight excluding hydrogens is 228 g/mol. The highest BCUT2D eigenvalue weighted by atomic mass is 16.3. The van der Waals surface area contributed by atoms with Crippen LogP contribution in [0.25, 0.3) is 0 Å². The number of aliphatic hydroxyl groups is 1. The van der Waals surface area contributed by atoms with Crippen LogP contribution in [-0.2, 0) is 19.4 Å². The zero-order valence-electron chi connectivity index (χ0n) is 10.1. The molecule has 1 aromatic heterocycles. The van der Waals surface area contributed by atoms with Gasteiger partial charge in [-0.1, -0.05) is 18.2 Å². The zero-order chi connectivity index (χ0) is 12.5. The van der Waals surface area contributed by atoms with Crippen LogP contribution in [0, 0.1) is 0 Å². The van der Waals surface area contributed by atoms with Crippen LogP contribution >= 0.6 is 0 Å². The number of aromatic hydroxyl groups is 1. The van der Waals surface area contributed by atoms with Crippen LogP contribution in [0.15, 0.2) is 30.5 Å². The maximum absolute atomic E-state index is 9.78. The molecule has 0 spiro atoms. The Hall–Kier alpha value is -1.81. The summed E-state index contributed by atoms with van der Waals surface area (Å²) in [6.07, 6.45) is 3.66. The van der Waals surface area contributed by atoms with Crippen molar-refractivity contribution >= 4 is 0 Å². The van der Waals surface area contributed by atoms with E-state index in [0.717, 1.165) is 30.0 Å². The van der Waals surface area contributed by atoms with Crippen molar-refractivity contribution in [2.75, 3.05) is 0 Å². The second-order valence-electron chi connectivity index (χ2n) is 4.77. The van der Waals surface area contributed by atoms with Gasteiger partial charge in [-0.2, -0.15) is 0 Å². The van der Waals surface area contributed by atoms with Gasteiger partial charge in [-0.05, 0) is 12.5 Å². The van der Waals surface area contributed by atoms with Gasteiger partial charge in [0.2, 0.25) is 0 Å². The molecule has 1 unspecified atom stereocenters. The number of hydrogen-bond acceptors (Lipinski definition) is 3. The largest absolute Gasteiger partial charge is 0.508 e. The van der Waals surface area contributed by atoms with Crippen molar-refractivity contribution in [1.29, 1.82) is 0 Å². The first-order valence-electron chi connectivity index (χ1n) is 6.22. The quantitative estimate of drug-likeness (QED) is 0.841. The fourth-order valence-corrected chi connectivity index (χ4v) is 2.48. The summed E-state index contributed by atoms with van der Waals surface area (Å²) in [5.41, 5.74) is 1.97. The van der Waals surface area contributed by atoms with Crippen LogP contribution in [-0.4, -0.2) is 25.9 Å². The van der Waals surface area contributed by atoms with Crippen LogP contribution in [0.3, 0.4) is 0 Å². The van der Waals surface area contributed by atoms with E-state index in [9.17, 15) is 10.2 Å². The first-order valence-corrected chi connectivity index (χ1v) is 6.22. The highest BCUT2D eigenvalue weighted by Gasteiger charge is 2.19. The lowest BCUT2D eigenvalue weighted by atomic mass is 10.1. The summed E-state index contributed by atoms with van der Waals surface area (Å²) < 4.78 is 2.15. The van der Waals surface area contributed by atoms with Crippen LogP contribution in [0.1, 0.15) is 23.5 Å². The molecule has 0 bridgehead atoms. The number of imidazole rings is 1. The van der Waals surface area contributed by atoms with Gasteiger partial charge < -0.3 is 14.8 Å². The number of hydrogen-bond donors (Lipinski definition) is 2. The second kappa shape index (κ2) is 4.46. The first-order chi connectivity index (χ1) is 8.74. The van der Waals surface area contributed by atoms with Gasteiger partial charge in [-0.3, -0.25) is 0 Å². The third kappa shape index (κ3) is 1.99. The number of para-hydroxylation sites is 1. The lowest BCUT2D eigenvalue weighted by Crippen LogP contribution is -2.23. The number of aliphatic hydroxyl groups excluding tert-OH is 1. The van der Waals surface area contributed by atoms with Crippen molar-refractivity contribution in [3.05, 3.63) is 47.5 Å². The fraction of sp³-hybridized carbons (Fsp3) is 0.357. The Balaban J connectivity index is 1.88. The maximum atomic E-state index is 9.78. The summed E-state index contributed by atoms with van der Waals surface area (Å²) in [6, 6.07) is 7.34. The molecular formula is C14H16N2O2. The van der Waals surface area contributed by atoms with Crippen molar-refractivity contribution in [2.45, 2.75) is 31.9 Å². The predicted octanol–water partition coefficient (Wildman–Crippen LogP) is 1.49. The Morgan fingerprint density at radius 2 is 2.17 bits per heavy atom. The fourth-order valence-electron chi connectivity index (χ4n) is 2.48. The molecule has 0 saturated carbocycles. The van der Waals surface area contributed by atoms with E-state index in [4.69, 9.17) is 0 Å². The third-order valence-electron chi connectivity index (χ3n) is 3.49. The molecule has 0 fully saturated rings. The molecule has 2 N–H and O–H groups in total. The van der Waals surface area contributed by atoms with Crippen LogP contribution in [0.5, 0.6) is 5.75 Å². The van der Waals surface area contributed by atoms with Crippen LogP contribution in [0.2, 0.25) is 0 Å². The molecule has 1 aliphatic heterocycles. The van der Waals surface area contributed by atoms with Gasteiger partial charge in [0, 0.05) is 36.8 Å². The first kappa shape index (κ1) is 11.3. The second-order valence-corrected chi connectivity index (χ2v) is 4.77. The Morgan fingerprint density at radius 1 is 1.33 bits per heavy atom. The standard InChI is InChI=1S/C14H16N2O2/c17-12-5-6-16-11(8-12)9-15-14(16)7-10-3-1-2-4-13(10)18/h1-4,9,12,17-18H,5-8H2. The number of rotatable bonds is 2. The van der Waals surface area contributed by atoms with Crippen molar-refractivity contribution in [3.63, 3.8) is 0 Å². The molecule has 1 aromatic carbocycles. The molecule has 1 atom stereocenters.